The van der Waals surface area contributed by atoms with Gasteiger partial charge in [0.2, 0.25) is 0 Å². The Morgan fingerprint density at radius 2 is 2.04 bits per heavy atom. The van der Waals surface area contributed by atoms with Crippen molar-refractivity contribution in [3.8, 4) is 5.75 Å². The Kier molecular flexibility index (Phi) is 4.88. The number of amides is 1. The van der Waals surface area contributed by atoms with Gasteiger partial charge in [0.25, 0.3) is 5.91 Å². The fourth-order valence-corrected chi connectivity index (χ4v) is 3.24. The quantitative estimate of drug-likeness (QED) is 0.867. The minimum atomic E-state index is 0.0764. The molecule has 0 bridgehead atoms. The van der Waals surface area contributed by atoms with Crippen LogP contribution in [0, 0.1) is 19.8 Å². The summed E-state index contributed by atoms with van der Waals surface area (Å²) in [5.41, 5.74) is 2.71. The highest BCUT2D eigenvalue weighted by Gasteiger charge is 2.27. The number of hydrogen-bond acceptors (Lipinski definition) is 3. The molecule has 1 atom stereocenters. The van der Waals surface area contributed by atoms with Crippen LogP contribution in [0.4, 0.5) is 0 Å². The van der Waals surface area contributed by atoms with Crippen LogP contribution in [0.15, 0.2) is 30.6 Å². The van der Waals surface area contributed by atoms with Crippen molar-refractivity contribution in [3.05, 3.63) is 47.5 Å². The van der Waals surface area contributed by atoms with E-state index < -0.39 is 0 Å². The molecule has 1 saturated heterocycles. The summed E-state index contributed by atoms with van der Waals surface area (Å²) in [6, 6.07) is 8.11. The van der Waals surface area contributed by atoms with Crippen LogP contribution in [0.2, 0.25) is 0 Å². The highest BCUT2D eigenvalue weighted by molar-refractivity contribution is 5.93. The van der Waals surface area contributed by atoms with Gasteiger partial charge in [-0.1, -0.05) is 17.7 Å². The second-order valence-electron chi connectivity index (χ2n) is 6.67. The first kappa shape index (κ1) is 16.6. The highest BCUT2D eigenvalue weighted by atomic mass is 16.5. The summed E-state index contributed by atoms with van der Waals surface area (Å²) < 4.78 is 7.72. The Balaban J connectivity index is 1.60. The van der Waals surface area contributed by atoms with Gasteiger partial charge in [0.15, 0.2) is 0 Å². The number of carbonyl (C=O) groups excluding carboxylic acids is 1. The molecular weight excluding hydrogens is 302 g/mol. The third kappa shape index (κ3) is 3.61. The van der Waals surface area contributed by atoms with Gasteiger partial charge >= 0.3 is 0 Å². The van der Waals surface area contributed by atoms with Crippen molar-refractivity contribution in [3.63, 3.8) is 0 Å². The summed E-state index contributed by atoms with van der Waals surface area (Å²) in [6.45, 7) is 6.15. The van der Waals surface area contributed by atoms with Crippen LogP contribution in [0.25, 0.3) is 0 Å². The Morgan fingerprint density at radius 1 is 1.29 bits per heavy atom. The molecule has 0 radical (unpaired) electrons. The normalized spacial score (nSPS) is 17.8. The van der Waals surface area contributed by atoms with Crippen LogP contribution in [-0.2, 0) is 7.05 Å². The van der Waals surface area contributed by atoms with Crippen molar-refractivity contribution in [2.24, 2.45) is 13.0 Å². The monoisotopic (exact) mass is 327 g/mol. The van der Waals surface area contributed by atoms with Crippen molar-refractivity contribution in [1.29, 1.82) is 0 Å². The number of hydrogen-bond donors (Lipinski definition) is 0. The molecular formula is C19H25N3O2. The molecule has 0 spiro atoms. The zero-order chi connectivity index (χ0) is 17.1. The summed E-state index contributed by atoms with van der Waals surface area (Å²) in [4.78, 5) is 19.0. The average molecular weight is 327 g/mol. The molecule has 0 aliphatic carbocycles. The fourth-order valence-electron chi connectivity index (χ4n) is 3.24. The number of piperidine rings is 1. The fraction of sp³-hybridized carbons (Fsp3) is 0.474. The number of imidazole rings is 1. The molecule has 1 aromatic heterocycles. The first-order chi connectivity index (χ1) is 11.5. The predicted octanol–water partition coefficient (Wildman–Crippen LogP) is 2.97. The van der Waals surface area contributed by atoms with E-state index in [1.165, 1.54) is 5.56 Å². The topological polar surface area (TPSA) is 47.4 Å². The summed E-state index contributed by atoms with van der Waals surface area (Å²) in [6.07, 6.45) is 3.81. The molecule has 1 aliphatic rings. The molecule has 5 nitrogen and oxygen atoms in total. The summed E-state index contributed by atoms with van der Waals surface area (Å²) in [5, 5.41) is 0. The van der Waals surface area contributed by atoms with Crippen molar-refractivity contribution in [2.45, 2.75) is 26.7 Å². The molecule has 5 heteroatoms. The Bertz CT molecular complexity index is 686. The van der Waals surface area contributed by atoms with E-state index in [1.807, 2.05) is 35.6 Å². The first-order valence-corrected chi connectivity index (χ1v) is 8.51. The second kappa shape index (κ2) is 7.07. The summed E-state index contributed by atoms with van der Waals surface area (Å²) >= 11 is 0. The lowest BCUT2D eigenvalue weighted by molar-refractivity contribution is 0.0623. The zero-order valence-corrected chi connectivity index (χ0v) is 14.7. The van der Waals surface area contributed by atoms with Crippen LogP contribution >= 0.6 is 0 Å². The van der Waals surface area contributed by atoms with Gasteiger partial charge in [0.1, 0.15) is 11.4 Å². The minimum absolute atomic E-state index is 0.0764. The molecule has 2 aromatic rings. The maximum absolute atomic E-state index is 12.8. The molecule has 2 heterocycles. The lowest BCUT2D eigenvalue weighted by Crippen LogP contribution is -2.42. The Labute approximate surface area is 143 Å². The van der Waals surface area contributed by atoms with Gasteiger partial charge in [-0.15, -0.1) is 0 Å². The van der Waals surface area contributed by atoms with Crippen molar-refractivity contribution < 1.29 is 9.53 Å². The van der Waals surface area contributed by atoms with E-state index in [9.17, 15) is 4.79 Å². The van der Waals surface area contributed by atoms with Crippen molar-refractivity contribution in [2.75, 3.05) is 19.7 Å². The number of likely N-dealkylation sites (tertiary alicyclic amines) is 1. The molecule has 1 aromatic carbocycles. The van der Waals surface area contributed by atoms with Gasteiger partial charge in [0.05, 0.1) is 18.6 Å². The number of aromatic nitrogens is 2. The van der Waals surface area contributed by atoms with Crippen LogP contribution in [0.5, 0.6) is 5.75 Å². The molecule has 0 unspecified atom stereocenters. The largest absolute Gasteiger partial charge is 0.493 e. The van der Waals surface area contributed by atoms with E-state index in [-0.39, 0.29) is 5.91 Å². The molecule has 1 fully saturated rings. The third-order valence-corrected chi connectivity index (χ3v) is 4.64. The van der Waals surface area contributed by atoms with Gasteiger partial charge in [-0.25, -0.2) is 4.98 Å². The summed E-state index contributed by atoms with van der Waals surface area (Å²) in [5.74, 6) is 1.34. The van der Waals surface area contributed by atoms with E-state index in [0.29, 0.717) is 18.2 Å². The lowest BCUT2D eigenvalue weighted by atomic mass is 9.98. The summed E-state index contributed by atoms with van der Waals surface area (Å²) in [7, 11) is 1.87. The Morgan fingerprint density at radius 3 is 2.71 bits per heavy atom. The predicted molar refractivity (Wildman–Crippen MR) is 93.2 cm³/mol. The maximum Gasteiger partial charge on any atom is 0.272 e. The first-order valence-electron chi connectivity index (χ1n) is 8.51. The molecule has 24 heavy (non-hydrogen) atoms. The number of ether oxygens (including phenoxy) is 1. The van der Waals surface area contributed by atoms with Gasteiger partial charge < -0.3 is 14.2 Å². The average Bonchev–Trinajstić information content (AvgIpc) is 2.93. The molecule has 3 rings (SSSR count). The van der Waals surface area contributed by atoms with Crippen LogP contribution < -0.4 is 4.74 Å². The van der Waals surface area contributed by atoms with Gasteiger partial charge in [0, 0.05) is 26.1 Å². The number of aryl methyl sites for hydroxylation is 3. The van der Waals surface area contributed by atoms with E-state index >= 15 is 0 Å². The standard InChI is InChI=1S/C19H25N3O2/c1-14-6-8-17(9-7-14)24-12-16-5-4-10-22(11-16)19(23)18-15(2)20-13-21(18)3/h6-9,13,16H,4-5,10-12H2,1-3H3/t16-/m1/s1. The van der Waals surface area contributed by atoms with Gasteiger partial charge in [-0.2, -0.15) is 0 Å². The molecule has 0 N–H and O–H groups in total. The number of benzene rings is 1. The second-order valence-corrected chi connectivity index (χ2v) is 6.67. The van der Waals surface area contributed by atoms with Crippen molar-refractivity contribution in [1.82, 2.24) is 14.5 Å². The molecule has 1 aliphatic heterocycles. The van der Waals surface area contributed by atoms with Crippen molar-refractivity contribution >= 4 is 5.91 Å². The SMILES string of the molecule is Cc1ccc(OC[C@@H]2CCCN(C(=O)c3c(C)ncn3C)C2)cc1. The number of carbonyl (C=O) groups is 1. The van der Waals surface area contributed by atoms with Gasteiger partial charge in [-0.3, -0.25) is 4.79 Å². The molecule has 0 saturated carbocycles. The smallest absolute Gasteiger partial charge is 0.272 e. The van der Waals surface area contributed by atoms with Crippen LogP contribution in [0.3, 0.4) is 0 Å². The van der Waals surface area contributed by atoms with E-state index in [1.54, 1.807) is 6.33 Å². The Hall–Kier alpha value is -2.30. The van der Waals surface area contributed by atoms with Crippen LogP contribution in [-0.4, -0.2) is 40.1 Å². The molecule has 1 amide bonds. The number of nitrogens with zero attached hydrogens (tertiary/aromatic N) is 3. The maximum atomic E-state index is 12.8. The lowest BCUT2D eigenvalue weighted by Gasteiger charge is -2.32. The third-order valence-electron chi connectivity index (χ3n) is 4.64. The molecule has 128 valence electrons. The van der Waals surface area contributed by atoms with E-state index in [0.717, 1.165) is 37.4 Å². The minimum Gasteiger partial charge on any atom is -0.493 e. The number of rotatable bonds is 4. The zero-order valence-electron chi connectivity index (χ0n) is 14.7. The van der Waals surface area contributed by atoms with E-state index in [4.69, 9.17) is 4.74 Å². The van der Waals surface area contributed by atoms with Crippen LogP contribution in [0.1, 0.15) is 34.6 Å². The van der Waals surface area contributed by atoms with E-state index in [2.05, 4.69) is 24.0 Å². The van der Waals surface area contributed by atoms with Gasteiger partial charge in [-0.05, 0) is 38.8 Å². The highest BCUT2D eigenvalue weighted by Crippen LogP contribution is 2.21.